The summed E-state index contributed by atoms with van der Waals surface area (Å²) in [6, 6.07) is 18.8. The Balaban J connectivity index is 1.90. The Kier molecular flexibility index (Phi) is 7.55. The van der Waals surface area contributed by atoms with Crippen LogP contribution in [0.4, 0.5) is 0 Å². The van der Waals surface area contributed by atoms with Crippen LogP contribution in [0.25, 0.3) is 17.1 Å². The molecule has 2 aromatic carbocycles. The third-order valence-electron chi connectivity index (χ3n) is 5.34. The average Bonchev–Trinajstić information content (AvgIpc) is 3.20. The van der Waals surface area contributed by atoms with Gasteiger partial charge in [0, 0.05) is 17.3 Å². The molecule has 1 heterocycles. The maximum absolute atomic E-state index is 12.4. The van der Waals surface area contributed by atoms with Crippen molar-refractivity contribution in [3.05, 3.63) is 60.2 Å². The predicted octanol–water partition coefficient (Wildman–Crippen LogP) is 5.63. The maximum Gasteiger partial charge on any atom is 0.230 e. The van der Waals surface area contributed by atoms with Gasteiger partial charge in [-0.3, -0.25) is 9.36 Å². The van der Waals surface area contributed by atoms with Gasteiger partial charge < -0.3 is 5.32 Å². The molecule has 31 heavy (non-hydrogen) atoms. The molecule has 0 unspecified atom stereocenters. The highest BCUT2D eigenvalue weighted by atomic mass is 32.2. The standard InChI is InChI=1S/C25H32N4OS/c1-6-20(7-2)26-22(30)17-31-24-28-27-23(29(24)21-11-9-8-10-12-21)18-13-15-19(16-14-18)25(3,4)5/h8-16,20H,6-7,17H2,1-5H3,(H,26,30). The number of nitrogens with one attached hydrogen (secondary N) is 1. The zero-order valence-corrected chi connectivity index (χ0v) is 19.9. The minimum absolute atomic E-state index is 0.0254. The predicted molar refractivity (Wildman–Crippen MR) is 129 cm³/mol. The molecule has 3 rings (SSSR count). The second kappa shape index (κ2) is 10.1. The summed E-state index contributed by atoms with van der Waals surface area (Å²) in [6.45, 7) is 10.8. The molecule has 0 fully saturated rings. The highest BCUT2D eigenvalue weighted by Gasteiger charge is 2.19. The Morgan fingerprint density at radius 3 is 2.23 bits per heavy atom. The van der Waals surface area contributed by atoms with Gasteiger partial charge in [0.05, 0.1) is 5.75 Å². The van der Waals surface area contributed by atoms with Crippen molar-refractivity contribution in [3.8, 4) is 17.1 Å². The van der Waals surface area contributed by atoms with Gasteiger partial charge >= 0.3 is 0 Å². The van der Waals surface area contributed by atoms with Gasteiger partial charge in [0.15, 0.2) is 11.0 Å². The summed E-state index contributed by atoms with van der Waals surface area (Å²) in [5.41, 5.74) is 3.34. The monoisotopic (exact) mass is 436 g/mol. The van der Waals surface area contributed by atoms with E-state index in [0.717, 1.165) is 29.9 Å². The number of carbonyl (C=O) groups excluding carboxylic acids is 1. The van der Waals surface area contributed by atoms with E-state index in [1.165, 1.54) is 17.3 Å². The minimum atomic E-state index is 0.0254. The van der Waals surface area contributed by atoms with Gasteiger partial charge in [-0.1, -0.05) is 88.8 Å². The van der Waals surface area contributed by atoms with Crippen LogP contribution >= 0.6 is 11.8 Å². The van der Waals surface area contributed by atoms with Crippen LogP contribution in [0.15, 0.2) is 59.8 Å². The Hall–Kier alpha value is -2.60. The number of amides is 1. The van der Waals surface area contributed by atoms with Gasteiger partial charge in [-0.15, -0.1) is 10.2 Å². The molecule has 0 aliphatic heterocycles. The molecule has 1 amide bonds. The fourth-order valence-corrected chi connectivity index (χ4v) is 4.13. The molecule has 6 heteroatoms. The van der Waals surface area contributed by atoms with Crippen LogP contribution < -0.4 is 5.32 Å². The summed E-state index contributed by atoms with van der Waals surface area (Å²) in [7, 11) is 0. The molecule has 1 aromatic heterocycles. The molecule has 0 bridgehead atoms. The summed E-state index contributed by atoms with van der Waals surface area (Å²) >= 11 is 1.41. The molecule has 0 saturated heterocycles. The van der Waals surface area contributed by atoms with E-state index >= 15 is 0 Å². The summed E-state index contributed by atoms with van der Waals surface area (Å²) in [4.78, 5) is 12.4. The fraction of sp³-hybridized carbons (Fsp3) is 0.400. The Morgan fingerprint density at radius 1 is 1.00 bits per heavy atom. The van der Waals surface area contributed by atoms with Crippen LogP contribution in [-0.4, -0.2) is 32.5 Å². The van der Waals surface area contributed by atoms with Crippen molar-refractivity contribution < 1.29 is 4.79 Å². The molecule has 0 aliphatic carbocycles. The Morgan fingerprint density at radius 2 is 1.65 bits per heavy atom. The molecular weight excluding hydrogens is 404 g/mol. The van der Waals surface area contributed by atoms with Crippen molar-refractivity contribution in [2.75, 3.05) is 5.75 Å². The third-order valence-corrected chi connectivity index (χ3v) is 6.27. The molecular formula is C25H32N4OS. The first kappa shape index (κ1) is 23.1. The van der Waals surface area contributed by atoms with Crippen LogP contribution in [0, 0.1) is 0 Å². The highest BCUT2D eigenvalue weighted by molar-refractivity contribution is 7.99. The third kappa shape index (κ3) is 5.76. The number of benzene rings is 2. The van der Waals surface area contributed by atoms with Crippen molar-refractivity contribution in [1.29, 1.82) is 0 Å². The molecule has 1 N–H and O–H groups in total. The summed E-state index contributed by atoms with van der Waals surface area (Å²) < 4.78 is 2.03. The van der Waals surface area contributed by atoms with E-state index in [4.69, 9.17) is 0 Å². The van der Waals surface area contributed by atoms with Crippen molar-refractivity contribution in [2.24, 2.45) is 0 Å². The van der Waals surface area contributed by atoms with E-state index in [9.17, 15) is 4.79 Å². The number of aromatic nitrogens is 3. The lowest BCUT2D eigenvalue weighted by Gasteiger charge is -2.19. The smallest absolute Gasteiger partial charge is 0.230 e. The SMILES string of the molecule is CCC(CC)NC(=O)CSc1nnc(-c2ccc(C(C)(C)C)cc2)n1-c1ccccc1. The zero-order valence-electron chi connectivity index (χ0n) is 19.1. The van der Waals surface area contributed by atoms with Gasteiger partial charge in [0.25, 0.3) is 0 Å². The van der Waals surface area contributed by atoms with Crippen molar-refractivity contribution in [2.45, 2.75) is 64.1 Å². The number of hydrogen-bond acceptors (Lipinski definition) is 4. The lowest BCUT2D eigenvalue weighted by atomic mass is 9.87. The number of hydrogen-bond donors (Lipinski definition) is 1. The van der Waals surface area contributed by atoms with Gasteiger partial charge in [-0.2, -0.15) is 0 Å². The Labute approximate surface area is 189 Å². The number of thioether (sulfide) groups is 1. The van der Waals surface area contributed by atoms with Gasteiger partial charge in [0.1, 0.15) is 0 Å². The maximum atomic E-state index is 12.4. The topological polar surface area (TPSA) is 59.8 Å². The molecule has 0 saturated carbocycles. The zero-order chi connectivity index (χ0) is 22.4. The summed E-state index contributed by atoms with van der Waals surface area (Å²) in [5.74, 6) is 1.11. The number of carbonyl (C=O) groups is 1. The lowest BCUT2D eigenvalue weighted by molar-refractivity contribution is -0.119. The second-order valence-corrected chi connectivity index (χ2v) is 9.62. The largest absolute Gasteiger partial charge is 0.353 e. The van der Waals surface area contributed by atoms with E-state index in [2.05, 4.69) is 74.4 Å². The number of rotatable bonds is 8. The molecule has 0 aliphatic rings. The van der Waals surface area contributed by atoms with E-state index in [0.29, 0.717) is 10.9 Å². The van der Waals surface area contributed by atoms with Gasteiger partial charge in [-0.05, 0) is 36.0 Å². The van der Waals surface area contributed by atoms with Crippen LogP contribution in [0.3, 0.4) is 0 Å². The first-order chi connectivity index (χ1) is 14.8. The fourth-order valence-electron chi connectivity index (χ4n) is 3.37. The van der Waals surface area contributed by atoms with Gasteiger partial charge in [0.2, 0.25) is 5.91 Å². The number of para-hydroxylation sites is 1. The van der Waals surface area contributed by atoms with Crippen molar-refractivity contribution >= 4 is 17.7 Å². The molecule has 0 radical (unpaired) electrons. The van der Waals surface area contributed by atoms with Crippen LogP contribution in [-0.2, 0) is 10.2 Å². The summed E-state index contributed by atoms with van der Waals surface area (Å²) in [6.07, 6.45) is 1.86. The first-order valence-electron chi connectivity index (χ1n) is 10.9. The first-order valence-corrected chi connectivity index (χ1v) is 11.9. The van der Waals surface area contributed by atoms with Gasteiger partial charge in [-0.25, -0.2) is 0 Å². The van der Waals surface area contributed by atoms with E-state index in [1.807, 2.05) is 34.9 Å². The number of nitrogens with zero attached hydrogens (tertiary/aromatic N) is 3. The van der Waals surface area contributed by atoms with Crippen molar-refractivity contribution in [3.63, 3.8) is 0 Å². The van der Waals surface area contributed by atoms with E-state index in [1.54, 1.807) is 0 Å². The summed E-state index contributed by atoms with van der Waals surface area (Å²) in [5, 5.41) is 12.7. The van der Waals surface area contributed by atoms with E-state index < -0.39 is 0 Å². The van der Waals surface area contributed by atoms with Crippen molar-refractivity contribution in [1.82, 2.24) is 20.1 Å². The molecule has 0 spiro atoms. The molecule has 0 atom stereocenters. The average molecular weight is 437 g/mol. The lowest BCUT2D eigenvalue weighted by Crippen LogP contribution is -2.35. The molecule has 5 nitrogen and oxygen atoms in total. The van der Waals surface area contributed by atoms with E-state index in [-0.39, 0.29) is 17.4 Å². The highest BCUT2D eigenvalue weighted by Crippen LogP contribution is 2.30. The molecule has 164 valence electrons. The Bertz CT molecular complexity index is 987. The minimum Gasteiger partial charge on any atom is -0.353 e. The van der Waals surface area contributed by atoms with Crippen LogP contribution in [0.1, 0.15) is 53.0 Å². The quantitative estimate of drug-likeness (QED) is 0.465. The van der Waals surface area contributed by atoms with Crippen LogP contribution in [0.2, 0.25) is 0 Å². The van der Waals surface area contributed by atoms with Crippen LogP contribution in [0.5, 0.6) is 0 Å². The molecule has 3 aromatic rings. The second-order valence-electron chi connectivity index (χ2n) is 8.67. The normalized spacial score (nSPS) is 11.7.